The van der Waals surface area contributed by atoms with Gasteiger partial charge in [-0.15, -0.1) is 10.2 Å². The lowest BCUT2D eigenvalue weighted by Gasteiger charge is -2.09. The second kappa shape index (κ2) is 5.79. The Hall–Kier alpha value is -2.28. The van der Waals surface area contributed by atoms with Crippen molar-refractivity contribution >= 4 is 5.69 Å². The molecule has 0 fully saturated rings. The number of aromatic nitrogens is 3. The third-order valence-corrected chi connectivity index (χ3v) is 3.12. The van der Waals surface area contributed by atoms with Crippen LogP contribution in [-0.2, 0) is 13.1 Å². The number of para-hydroxylation sites is 1. The largest absolute Gasteiger partial charge is 0.324 e. The molecule has 1 heterocycles. The fourth-order valence-corrected chi connectivity index (χ4v) is 2.23. The van der Waals surface area contributed by atoms with Crippen LogP contribution in [0.3, 0.4) is 0 Å². The van der Waals surface area contributed by atoms with Crippen LogP contribution in [-0.4, -0.2) is 19.7 Å². The highest BCUT2D eigenvalue weighted by Crippen LogP contribution is 2.31. The number of aryl methyl sites for hydroxylation is 1. The van der Waals surface area contributed by atoms with Gasteiger partial charge >= 0.3 is 0 Å². The Morgan fingerprint density at radius 1 is 1.40 bits per heavy atom. The van der Waals surface area contributed by atoms with Crippen molar-refractivity contribution in [3.8, 4) is 11.4 Å². The Bertz CT molecular complexity index is 636. The van der Waals surface area contributed by atoms with Gasteiger partial charge in [0.1, 0.15) is 5.82 Å². The first-order chi connectivity index (χ1) is 9.60. The summed E-state index contributed by atoms with van der Waals surface area (Å²) in [6, 6.07) is 5.19. The Kier molecular flexibility index (Phi) is 4.09. The van der Waals surface area contributed by atoms with E-state index in [1.165, 1.54) is 0 Å². The number of benzene rings is 1. The molecule has 0 aliphatic rings. The van der Waals surface area contributed by atoms with Gasteiger partial charge in [-0.2, -0.15) is 0 Å². The number of nitrogens with zero attached hydrogens (tertiary/aromatic N) is 4. The molecule has 20 heavy (non-hydrogen) atoms. The Morgan fingerprint density at radius 3 is 2.75 bits per heavy atom. The Balaban J connectivity index is 2.66. The van der Waals surface area contributed by atoms with Gasteiger partial charge in [0, 0.05) is 12.1 Å². The minimum atomic E-state index is -0.377. The number of hydrogen-bond acceptors (Lipinski definition) is 5. The van der Waals surface area contributed by atoms with Crippen LogP contribution in [0.15, 0.2) is 18.2 Å². The molecular formula is C13H17N5O2. The zero-order valence-electron chi connectivity index (χ0n) is 11.5. The maximum Gasteiger partial charge on any atom is 0.283 e. The first kappa shape index (κ1) is 14.1. The van der Waals surface area contributed by atoms with Crippen LogP contribution < -0.4 is 5.73 Å². The van der Waals surface area contributed by atoms with Gasteiger partial charge in [0.25, 0.3) is 5.69 Å². The van der Waals surface area contributed by atoms with Crippen molar-refractivity contribution in [3.63, 3.8) is 0 Å². The zero-order chi connectivity index (χ0) is 14.7. The maximum absolute atomic E-state index is 11.3. The Labute approximate surface area is 116 Å². The van der Waals surface area contributed by atoms with Crippen molar-refractivity contribution in [1.82, 2.24) is 14.8 Å². The Morgan fingerprint density at radius 2 is 2.15 bits per heavy atom. The number of nitro groups is 1. The molecule has 0 bridgehead atoms. The monoisotopic (exact) mass is 275 g/mol. The summed E-state index contributed by atoms with van der Waals surface area (Å²) in [7, 11) is 0. The molecule has 2 aromatic rings. The number of hydrogen-bond donors (Lipinski definition) is 1. The van der Waals surface area contributed by atoms with Crippen molar-refractivity contribution < 1.29 is 4.92 Å². The van der Waals surface area contributed by atoms with Gasteiger partial charge in [-0.3, -0.25) is 10.1 Å². The highest BCUT2D eigenvalue weighted by atomic mass is 16.6. The molecule has 0 radical (unpaired) electrons. The van der Waals surface area contributed by atoms with Crippen LogP contribution in [0, 0.1) is 17.0 Å². The van der Waals surface area contributed by atoms with E-state index in [2.05, 4.69) is 10.2 Å². The molecule has 0 saturated carbocycles. The molecule has 2 rings (SSSR count). The first-order valence-corrected chi connectivity index (χ1v) is 6.46. The quantitative estimate of drug-likeness (QED) is 0.664. The summed E-state index contributed by atoms with van der Waals surface area (Å²) in [5.41, 5.74) is 6.80. The van der Waals surface area contributed by atoms with E-state index in [9.17, 15) is 10.1 Å². The van der Waals surface area contributed by atoms with Crippen molar-refractivity contribution in [2.45, 2.75) is 33.4 Å². The highest BCUT2D eigenvalue weighted by Gasteiger charge is 2.23. The molecule has 0 aliphatic carbocycles. The first-order valence-electron chi connectivity index (χ1n) is 6.46. The van der Waals surface area contributed by atoms with Gasteiger partial charge in [-0.05, 0) is 19.4 Å². The van der Waals surface area contributed by atoms with Gasteiger partial charge in [0.2, 0.25) is 0 Å². The summed E-state index contributed by atoms with van der Waals surface area (Å²) in [5, 5.41) is 19.4. The molecule has 1 aromatic carbocycles. The summed E-state index contributed by atoms with van der Waals surface area (Å²) in [4.78, 5) is 10.9. The lowest BCUT2D eigenvalue weighted by molar-refractivity contribution is -0.384. The standard InChI is InChI=1S/C13H17N5O2/c1-3-7-17-11(8-14)15-16-13(17)10-6-4-5-9(2)12(10)18(19)20/h4-6H,3,7-8,14H2,1-2H3. The average Bonchev–Trinajstić information content (AvgIpc) is 2.81. The van der Waals surface area contributed by atoms with Crippen molar-refractivity contribution in [1.29, 1.82) is 0 Å². The van der Waals surface area contributed by atoms with E-state index in [0.717, 1.165) is 6.42 Å². The fourth-order valence-electron chi connectivity index (χ4n) is 2.23. The summed E-state index contributed by atoms with van der Waals surface area (Å²) in [6.45, 7) is 4.67. The smallest absolute Gasteiger partial charge is 0.283 e. The van der Waals surface area contributed by atoms with Gasteiger partial charge in [0.05, 0.1) is 17.0 Å². The van der Waals surface area contributed by atoms with E-state index in [1.807, 2.05) is 11.5 Å². The molecule has 7 heteroatoms. The van der Waals surface area contributed by atoms with Gasteiger partial charge in [-0.25, -0.2) is 0 Å². The topological polar surface area (TPSA) is 99.9 Å². The third-order valence-electron chi connectivity index (χ3n) is 3.12. The fraction of sp³-hybridized carbons (Fsp3) is 0.385. The van der Waals surface area contributed by atoms with Crippen LogP contribution >= 0.6 is 0 Å². The molecule has 0 amide bonds. The van der Waals surface area contributed by atoms with Crippen LogP contribution in [0.4, 0.5) is 5.69 Å². The number of nitro benzene ring substituents is 1. The molecule has 2 N–H and O–H groups in total. The molecule has 0 aliphatic heterocycles. The van der Waals surface area contributed by atoms with E-state index in [0.29, 0.717) is 29.3 Å². The normalized spacial score (nSPS) is 10.8. The second-order valence-electron chi connectivity index (χ2n) is 4.52. The maximum atomic E-state index is 11.3. The lowest BCUT2D eigenvalue weighted by atomic mass is 10.1. The summed E-state index contributed by atoms with van der Waals surface area (Å²) < 4.78 is 1.85. The molecule has 0 spiro atoms. The summed E-state index contributed by atoms with van der Waals surface area (Å²) in [6.07, 6.45) is 0.873. The van der Waals surface area contributed by atoms with Crippen molar-refractivity contribution in [3.05, 3.63) is 39.7 Å². The number of nitrogens with two attached hydrogens (primary N) is 1. The molecule has 1 aromatic heterocycles. The number of rotatable bonds is 5. The molecule has 7 nitrogen and oxygen atoms in total. The van der Waals surface area contributed by atoms with Crippen LogP contribution in [0.2, 0.25) is 0 Å². The van der Waals surface area contributed by atoms with Crippen LogP contribution in [0.1, 0.15) is 24.7 Å². The lowest BCUT2D eigenvalue weighted by Crippen LogP contribution is -2.10. The predicted octanol–water partition coefficient (Wildman–Crippen LogP) is 2.03. The summed E-state index contributed by atoms with van der Waals surface area (Å²) in [5.74, 6) is 1.14. The third kappa shape index (κ3) is 2.39. The van der Waals surface area contributed by atoms with Crippen molar-refractivity contribution in [2.24, 2.45) is 5.73 Å². The molecule has 0 unspecified atom stereocenters. The van der Waals surface area contributed by atoms with Crippen LogP contribution in [0.25, 0.3) is 11.4 Å². The molecular weight excluding hydrogens is 258 g/mol. The SMILES string of the molecule is CCCn1c(CN)nnc1-c1cccc(C)c1[N+](=O)[O-]. The van der Waals surface area contributed by atoms with E-state index < -0.39 is 0 Å². The molecule has 0 atom stereocenters. The second-order valence-corrected chi connectivity index (χ2v) is 4.52. The minimum absolute atomic E-state index is 0.0702. The van der Waals surface area contributed by atoms with Gasteiger partial charge in [0.15, 0.2) is 5.82 Å². The van der Waals surface area contributed by atoms with Gasteiger partial charge < -0.3 is 10.3 Å². The predicted molar refractivity (Wildman–Crippen MR) is 75.0 cm³/mol. The highest BCUT2D eigenvalue weighted by molar-refractivity contribution is 5.70. The average molecular weight is 275 g/mol. The van der Waals surface area contributed by atoms with E-state index in [1.54, 1.807) is 25.1 Å². The van der Waals surface area contributed by atoms with Crippen LogP contribution in [0.5, 0.6) is 0 Å². The minimum Gasteiger partial charge on any atom is -0.324 e. The zero-order valence-corrected chi connectivity index (χ0v) is 11.5. The van der Waals surface area contributed by atoms with E-state index in [-0.39, 0.29) is 17.2 Å². The van der Waals surface area contributed by atoms with Crippen molar-refractivity contribution in [2.75, 3.05) is 0 Å². The van der Waals surface area contributed by atoms with E-state index in [4.69, 9.17) is 5.73 Å². The molecule has 106 valence electrons. The van der Waals surface area contributed by atoms with Gasteiger partial charge in [-0.1, -0.05) is 19.1 Å². The summed E-state index contributed by atoms with van der Waals surface area (Å²) >= 11 is 0. The molecule has 0 saturated heterocycles. The van der Waals surface area contributed by atoms with E-state index >= 15 is 0 Å².